The van der Waals surface area contributed by atoms with Crippen molar-refractivity contribution >= 4 is 11.8 Å². The summed E-state index contributed by atoms with van der Waals surface area (Å²) < 4.78 is 4.65. The Morgan fingerprint density at radius 2 is 2.31 bits per heavy atom. The number of hydrogen-bond acceptors (Lipinski definition) is 4. The van der Waals surface area contributed by atoms with Gasteiger partial charge in [0, 0.05) is 12.5 Å². The van der Waals surface area contributed by atoms with Crippen molar-refractivity contribution in [3.63, 3.8) is 0 Å². The molecule has 0 amide bonds. The Bertz CT molecular complexity index is 306. The number of carbonyl (C=O) groups is 2. The average Bonchev–Trinajstić information content (AvgIpc) is 2.24. The van der Waals surface area contributed by atoms with Crippen molar-refractivity contribution in [3.05, 3.63) is 11.8 Å². The van der Waals surface area contributed by atoms with Crippen LogP contribution in [0.5, 0.6) is 0 Å². The minimum atomic E-state index is -0.658. The maximum absolute atomic E-state index is 11.5. The molecule has 1 N–H and O–H groups in total. The second-order valence-electron chi connectivity index (χ2n) is 4.14. The molecular formula is C12H18O4. The monoisotopic (exact) mass is 226 g/mol. The molecule has 4 heteroatoms. The number of esters is 1. The lowest BCUT2D eigenvalue weighted by molar-refractivity contribution is -0.147. The molecule has 0 aromatic heterocycles. The first kappa shape index (κ1) is 12.7. The molecule has 1 rings (SSSR count). The molecule has 4 nitrogen and oxygen atoms in total. The zero-order chi connectivity index (χ0) is 12.1. The second kappa shape index (κ2) is 5.68. The second-order valence-corrected chi connectivity index (χ2v) is 4.14. The first-order chi connectivity index (χ1) is 7.60. The average molecular weight is 226 g/mol. The molecule has 0 saturated heterocycles. The van der Waals surface area contributed by atoms with E-state index in [1.165, 1.54) is 7.11 Å². The Hall–Kier alpha value is -1.32. The van der Waals surface area contributed by atoms with E-state index < -0.39 is 11.9 Å². The van der Waals surface area contributed by atoms with Gasteiger partial charge in [-0.3, -0.25) is 9.59 Å². The number of methoxy groups -OCH3 is 1. The highest BCUT2D eigenvalue weighted by atomic mass is 16.5. The van der Waals surface area contributed by atoms with E-state index in [1.807, 2.05) is 6.92 Å². The molecule has 1 aliphatic carbocycles. The van der Waals surface area contributed by atoms with Gasteiger partial charge in [-0.25, -0.2) is 0 Å². The van der Waals surface area contributed by atoms with Gasteiger partial charge in [0.1, 0.15) is 11.7 Å². The van der Waals surface area contributed by atoms with Crippen LogP contribution in [0.2, 0.25) is 0 Å². The predicted octanol–water partition coefficient (Wildman–Crippen LogP) is 2.00. The van der Waals surface area contributed by atoms with Crippen LogP contribution in [0.25, 0.3) is 0 Å². The molecule has 90 valence electrons. The Labute approximate surface area is 95.3 Å². The third-order valence-electron chi connectivity index (χ3n) is 2.95. The molecule has 0 radical (unpaired) electrons. The maximum atomic E-state index is 11.5. The number of ether oxygens (including phenoxy) is 1. The number of ketones is 1. The largest absolute Gasteiger partial charge is 0.511 e. The van der Waals surface area contributed by atoms with Crippen LogP contribution in [-0.4, -0.2) is 24.0 Å². The maximum Gasteiger partial charge on any atom is 0.316 e. The molecule has 2 unspecified atom stereocenters. The van der Waals surface area contributed by atoms with Crippen molar-refractivity contribution in [2.75, 3.05) is 7.11 Å². The Morgan fingerprint density at radius 1 is 1.62 bits per heavy atom. The quantitative estimate of drug-likeness (QED) is 0.745. The number of unbranched alkanes of at least 4 members (excludes halogenated alkanes) is 1. The number of rotatable bonds is 4. The van der Waals surface area contributed by atoms with Crippen molar-refractivity contribution in [2.45, 2.75) is 32.6 Å². The highest BCUT2D eigenvalue weighted by molar-refractivity contribution is 5.93. The SMILES string of the molecule is CCCCC1CC(=O)C=C(O)C1C(=O)OC. The van der Waals surface area contributed by atoms with Crippen molar-refractivity contribution in [3.8, 4) is 0 Å². The minimum absolute atomic E-state index is 0.112. The van der Waals surface area contributed by atoms with Crippen LogP contribution < -0.4 is 0 Å². The van der Waals surface area contributed by atoms with Gasteiger partial charge >= 0.3 is 5.97 Å². The van der Waals surface area contributed by atoms with E-state index in [2.05, 4.69) is 4.74 Å². The molecule has 0 aromatic rings. The van der Waals surface area contributed by atoms with Gasteiger partial charge < -0.3 is 9.84 Å². The third-order valence-corrected chi connectivity index (χ3v) is 2.95. The number of aliphatic hydroxyl groups excluding tert-OH is 1. The lowest BCUT2D eigenvalue weighted by Crippen LogP contribution is -2.32. The summed E-state index contributed by atoms with van der Waals surface area (Å²) in [6.45, 7) is 2.05. The summed E-state index contributed by atoms with van der Waals surface area (Å²) in [6, 6.07) is 0. The summed E-state index contributed by atoms with van der Waals surface area (Å²) in [4.78, 5) is 22.8. The van der Waals surface area contributed by atoms with Crippen LogP contribution in [0, 0.1) is 11.8 Å². The molecular weight excluding hydrogens is 208 g/mol. The standard InChI is InChI=1S/C12H18O4/c1-3-4-5-8-6-9(13)7-10(14)11(8)12(15)16-2/h7-8,11,14H,3-6H2,1-2H3. The van der Waals surface area contributed by atoms with Crippen molar-refractivity contribution in [1.82, 2.24) is 0 Å². The lowest BCUT2D eigenvalue weighted by atomic mass is 9.79. The highest BCUT2D eigenvalue weighted by Gasteiger charge is 2.36. The van der Waals surface area contributed by atoms with Crippen molar-refractivity contribution in [1.29, 1.82) is 0 Å². The van der Waals surface area contributed by atoms with E-state index in [9.17, 15) is 14.7 Å². The fourth-order valence-corrected chi connectivity index (χ4v) is 2.11. The summed E-state index contributed by atoms with van der Waals surface area (Å²) in [6.07, 6.45) is 4.18. The molecule has 0 heterocycles. The molecule has 1 aliphatic rings. The molecule has 0 aliphatic heterocycles. The molecule has 0 spiro atoms. The van der Waals surface area contributed by atoms with E-state index >= 15 is 0 Å². The first-order valence-corrected chi connectivity index (χ1v) is 5.61. The predicted molar refractivity (Wildman–Crippen MR) is 58.9 cm³/mol. The van der Waals surface area contributed by atoms with Crippen LogP contribution in [0.15, 0.2) is 11.8 Å². The molecule has 0 fully saturated rings. The molecule has 16 heavy (non-hydrogen) atoms. The van der Waals surface area contributed by atoms with Gasteiger partial charge in [0.2, 0.25) is 0 Å². The summed E-state index contributed by atoms with van der Waals surface area (Å²) >= 11 is 0. The number of carbonyl (C=O) groups excluding carboxylic acids is 2. The summed E-state index contributed by atoms with van der Waals surface area (Å²) in [5.74, 6) is -1.50. The number of allylic oxidation sites excluding steroid dienone is 1. The van der Waals surface area contributed by atoms with Gasteiger partial charge in [0.15, 0.2) is 5.78 Å². The molecule has 0 bridgehead atoms. The Morgan fingerprint density at radius 3 is 2.88 bits per heavy atom. The van der Waals surface area contributed by atoms with Crippen LogP contribution in [0.3, 0.4) is 0 Å². The van der Waals surface area contributed by atoms with Gasteiger partial charge in [-0.2, -0.15) is 0 Å². The topological polar surface area (TPSA) is 63.6 Å². The van der Waals surface area contributed by atoms with Crippen molar-refractivity contribution in [2.24, 2.45) is 11.8 Å². The van der Waals surface area contributed by atoms with Gasteiger partial charge in [-0.1, -0.05) is 19.8 Å². The van der Waals surface area contributed by atoms with Gasteiger partial charge in [0.25, 0.3) is 0 Å². The zero-order valence-corrected chi connectivity index (χ0v) is 9.73. The minimum Gasteiger partial charge on any atom is -0.511 e. The van der Waals surface area contributed by atoms with Gasteiger partial charge in [0.05, 0.1) is 7.11 Å². The van der Waals surface area contributed by atoms with E-state index in [0.717, 1.165) is 25.3 Å². The number of hydrogen-bond donors (Lipinski definition) is 1. The molecule has 0 saturated carbocycles. The lowest BCUT2D eigenvalue weighted by Gasteiger charge is -2.27. The van der Waals surface area contributed by atoms with Crippen LogP contribution in [0.1, 0.15) is 32.6 Å². The Balaban J connectivity index is 2.82. The molecule has 0 aromatic carbocycles. The fraction of sp³-hybridized carbons (Fsp3) is 0.667. The third kappa shape index (κ3) is 2.84. The number of aliphatic hydroxyl groups is 1. The summed E-state index contributed by atoms with van der Waals surface area (Å²) in [5.41, 5.74) is 0. The molecule has 2 atom stereocenters. The van der Waals surface area contributed by atoms with Gasteiger partial charge in [-0.15, -0.1) is 0 Å². The van der Waals surface area contributed by atoms with Crippen LogP contribution in [-0.2, 0) is 14.3 Å². The normalized spacial score (nSPS) is 25.1. The Kier molecular flexibility index (Phi) is 4.52. The zero-order valence-electron chi connectivity index (χ0n) is 9.73. The van der Waals surface area contributed by atoms with Crippen molar-refractivity contribution < 1.29 is 19.4 Å². The fourth-order valence-electron chi connectivity index (χ4n) is 2.11. The van der Waals surface area contributed by atoms with Gasteiger partial charge in [-0.05, 0) is 12.3 Å². The van der Waals surface area contributed by atoms with E-state index in [4.69, 9.17) is 0 Å². The van der Waals surface area contributed by atoms with E-state index in [-0.39, 0.29) is 17.5 Å². The van der Waals surface area contributed by atoms with Crippen LogP contribution in [0.4, 0.5) is 0 Å². The van der Waals surface area contributed by atoms with Crippen LogP contribution >= 0.6 is 0 Å². The van der Waals surface area contributed by atoms with E-state index in [0.29, 0.717) is 6.42 Å². The summed E-state index contributed by atoms with van der Waals surface area (Å²) in [7, 11) is 1.29. The first-order valence-electron chi connectivity index (χ1n) is 5.61. The summed E-state index contributed by atoms with van der Waals surface area (Å²) in [5, 5.41) is 9.65. The van der Waals surface area contributed by atoms with E-state index in [1.54, 1.807) is 0 Å². The smallest absolute Gasteiger partial charge is 0.316 e. The highest BCUT2D eigenvalue weighted by Crippen LogP contribution is 2.32.